The summed E-state index contributed by atoms with van der Waals surface area (Å²) >= 11 is 0. The van der Waals surface area contributed by atoms with Gasteiger partial charge in [-0.1, -0.05) is 18.2 Å². The number of hydrogen-bond acceptors (Lipinski definition) is 5. The molecule has 1 aromatic carbocycles. The van der Waals surface area contributed by atoms with E-state index in [1.54, 1.807) is 0 Å². The van der Waals surface area contributed by atoms with Crippen molar-refractivity contribution in [2.45, 2.75) is 33.9 Å². The van der Waals surface area contributed by atoms with Crippen LogP contribution in [0.4, 0.5) is 0 Å². The highest BCUT2D eigenvalue weighted by atomic mass is 16.4. The van der Waals surface area contributed by atoms with E-state index >= 15 is 0 Å². The van der Waals surface area contributed by atoms with Gasteiger partial charge < -0.3 is 9.52 Å². The zero-order valence-corrected chi connectivity index (χ0v) is 15.4. The Balaban J connectivity index is 1.79. The third-order valence-corrected chi connectivity index (χ3v) is 4.39. The van der Waals surface area contributed by atoms with Crippen LogP contribution < -0.4 is 0 Å². The number of carboxylic acid groups (broad SMARTS) is 1. The second-order valence-electron chi connectivity index (χ2n) is 6.45. The van der Waals surface area contributed by atoms with Crippen LogP contribution in [0.2, 0.25) is 0 Å². The van der Waals surface area contributed by atoms with Crippen molar-refractivity contribution in [1.82, 2.24) is 19.7 Å². The second kappa shape index (κ2) is 7.13. The molecular formula is C19H22N4O3. The predicted octanol–water partition coefficient (Wildman–Crippen LogP) is 3.12. The van der Waals surface area contributed by atoms with Gasteiger partial charge >= 0.3 is 5.97 Å². The Labute approximate surface area is 151 Å². The first-order valence-corrected chi connectivity index (χ1v) is 8.34. The van der Waals surface area contributed by atoms with Gasteiger partial charge in [0.05, 0.1) is 17.9 Å². The van der Waals surface area contributed by atoms with Gasteiger partial charge in [0.1, 0.15) is 6.26 Å². The van der Waals surface area contributed by atoms with Crippen LogP contribution in [-0.4, -0.2) is 37.8 Å². The molecule has 0 amide bonds. The number of carboxylic acids is 1. The van der Waals surface area contributed by atoms with Crippen LogP contribution in [0.3, 0.4) is 0 Å². The molecule has 0 bridgehead atoms. The van der Waals surface area contributed by atoms with Crippen molar-refractivity contribution < 1.29 is 14.3 Å². The van der Waals surface area contributed by atoms with Gasteiger partial charge in [-0.15, -0.1) is 0 Å². The van der Waals surface area contributed by atoms with Crippen LogP contribution in [0.15, 0.2) is 34.9 Å². The molecule has 0 aliphatic carbocycles. The fraction of sp³-hybridized carbons (Fsp3) is 0.316. The van der Waals surface area contributed by atoms with Crippen LogP contribution in [0.5, 0.6) is 0 Å². The lowest BCUT2D eigenvalue weighted by molar-refractivity contribution is 0.0690. The van der Waals surface area contributed by atoms with E-state index in [1.807, 2.05) is 35.7 Å². The summed E-state index contributed by atoms with van der Waals surface area (Å²) in [7, 11) is 1.94. The topological polar surface area (TPSA) is 84.4 Å². The van der Waals surface area contributed by atoms with Crippen LogP contribution in [0.25, 0.3) is 5.69 Å². The summed E-state index contributed by atoms with van der Waals surface area (Å²) in [5.41, 5.74) is 5.35. The molecule has 0 radical (unpaired) electrons. The van der Waals surface area contributed by atoms with E-state index < -0.39 is 5.97 Å². The lowest BCUT2D eigenvalue weighted by Gasteiger charge is -2.15. The SMILES string of the molecule is Cc1ccccc1-n1nc(C)c(CN(C)Cc2nc(C(=O)O)co2)c1C. The lowest BCUT2D eigenvalue weighted by Crippen LogP contribution is -2.18. The largest absolute Gasteiger partial charge is 0.476 e. The monoisotopic (exact) mass is 354 g/mol. The van der Waals surface area contributed by atoms with Gasteiger partial charge in [0.25, 0.3) is 0 Å². The highest BCUT2D eigenvalue weighted by Crippen LogP contribution is 2.21. The average Bonchev–Trinajstić information content (AvgIpc) is 3.15. The fourth-order valence-corrected chi connectivity index (χ4v) is 2.98. The van der Waals surface area contributed by atoms with Crippen molar-refractivity contribution in [3.63, 3.8) is 0 Å². The first kappa shape index (κ1) is 17.9. The van der Waals surface area contributed by atoms with E-state index in [-0.39, 0.29) is 5.69 Å². The molecule has 0 unspecified atom stereocenters. The number of carbonyl (C=O) groups is 1. The van der Waals surface area contributed by atoms with Gasteiger partial charge in [-0.25, -0.2) is 14.5 Å². The molecule has 3 rings (SSSR count). The third-order valence-electron chi connectivity index (χ3n) is 4.39. The Morgan fingerprint density at radius 1 is 1.23 bits per heavy atom. The summed E-state index contributed by atoms with van der Waals surface area (Å²) in [5.74, 6) is -0.708. The number of rotatable bonds is 6. The van der Waals surface area contributed by atoms with Crippen LogP contribution >= 0.6 is 0 Å². The van der Waals surface area contributed by atoms with Gasteiger partial charge in [-0.3, -0.25) is 4.90 Å². The first-order valence-electron chi connectivity index (χ1n) is 8.34. The molecule has 0 aliphatic rings. The molecule has 0 spiro atoms. The molecule has 2 heterocycles. The van der Waals surface area contributed by atoms with Crippen LogP contribution in [0.1, 0.15) is 38.9 Å². The zero-order valence-electron chi connectivity index (χ0n) is 15.4. The molecule has 0 saturated heterocycles. The molecule has 2 aromatic heterocycles. The minimum Gasteiger partial charge on any atom is -0.476 e. The Hall–Kier alpha value is -2.93. The van der Waals surface area contributed by atoms with E-state index in [9.17, 15) is 4.79 Å². The van der Waals surface area contributed by atoms with Gasteiger partial charge in [0, 0.05) is 17.8 Å². The van der Waals surface area contributed by atoms with E-state index in [2.05, 4.69) is 31.0 Å². The van der Waals surface area contributed by atoms with E-state index in [0.29, 0.717) is 19.0 Å². The van der Waals surface area contributed by atoms with Gasteiger partial charge in [-0.05, 0) is 39.4 Å². The maximum atomic E-state index is 10.9. The van der Waals surface area contributed by atoms with Gasteiger partial charge in [-0.2, -0.15) is 5.10 Å². The van der Waals surface area contributed by atoms with Crippen molar-refractivity contribution in [3.05, 3.63) is 64.6 Å². The molecule has 0 aliphatic heterocycles. The molecule has 7 heteroatoms. The minimum atomic E-state index is -1.09. The molecule has 0 fully saturated rings. The number of hydrogen-bond donors (Lipinski definition) is 1. The molecule has 0 atom stereocenters. The molecule has 0 saturated carbocycles. The Kier molecular flexibility index (Phi) is 4.90. The Morgan fingerprint density at radius 3 is 2.62 bits per heavy atom. The number of para-hydroxylation sites is 1. The normalized spacial score (nSPS) is 11.3. The van der Waals surface area contributed by atoms with E-state index in [0.717, 1.165) is 28.9 Å². The molecule has 1 N–H and O–H groups in total. The first-order chi connectivity index (χ1) is 12.4. The standard InChI is InChI=1S/C19H22N4O3/c1-12-7-5-6-8-17(12)23-14(3)15(13(2)21-23)9-22(4)10-18-20-16(11-26-18)19(24)25/h5-8,11H,9-10H2,1-4H3,(H,24,25). The Bertz CT molecular complexity index is 942. The summed E-state index contributed by atoms with van der Waals surface area (Å²) in [4.78, 5) is 16.9. The quantitative estimate of drug-likeness (QED) is 0.732. The summed E-state index contributed by atoms with van der Waals surface area (Å²) in [5, 5.41) is 13.6. The van der Waals surface area contributed by atoms with E-state index in [4.69, 9.17) is 14.6 Å². The maximum absolute atomic E-state index is 10.9. The number of benzene rings is 1. The number of nitrogens with zero attached hydrogens (tertiary/aromatic N) is 4. The summed E-state index contributed by atoms with van der Waals surface area (Å²) < 4.78 is 7.20. The van der Waals surface area contributed by atoms with Crippen molar-refractivity contribution in [1.29, 1.82) is 0 Å². The summed E-state index contributed by atoms with van der Waals surface area (Å²) in [6.07, 6.45) is 1.16. The summed E-state index contributed by atoms with van der Waals surface area (Å²) in [6, 6.07) is 8.15. The van der Waals surface area contributed by atoms with Gasteiger partial charge in [0.15, 0.2) is 5.69 Å². The molecule has 136 valence electrons. The smallest absolute Gasteiger partial charge is 0.357 e. The second-order valence-corrected chi connectivity index (χ2v) is 6.45. The maximum Gasteiger partial charge on any atom is 0.357 e. The van der Waals surface area contributed by atoms with Crippen molar-refractivity contribution >= 4 is 5.97 Å². The van der Waals surface area contributed by atoms with Crippen molar-refractivity contribution in [2.24, 2.45) is 0 Å². The predicted molar refractivity (Wildman–Crippen MR) is 96.4 cm³/mol. The Morgan fingerprint density at radius 2 is 1.96 bits per heavy atom. The molecular weight excluding hydrogens is 332 g/mol. The number of oxazole rings is 1. The third kappa shape index (κ3) is 3.52. The number of aryl methyl sites for hydroxylation is 2. The van der Waals surface area contributed by atoms with Crippen molar-refractivity contribution in [2.75, 3.05) is 7.05 Å². The number of aromatic carboxylic acids is 1. The van der Waals surface area contributed by atoms with Crippen molar-refractivity contribution in [3.8, 4) is 5.69 Å². The molecule has 26 heavy (non-hydrogen) atoms. The lowest BCUT2D eigenvalue weighted by atomic mass is 10.1. The van der Waals surface area contributed by atoms with Crippen LogP contribution in [0, 0.1) is 20.8 Å². The highest BCUT2D eigenvalue weighted by Gasteiger charge is 2.17. The van der Waals surface area contributed by atoms with Crippen LogP contribution in [-0.2, 0) is 13.1 Å². The fourth-order valence-electron chi connectivity index (χ4n) is 2.98. The average molecular weight is 354 g/mol. The van der Waals surface area contributed by atoms with Gasteiger partial charge in [0.2, 0.25) is 5.89 Å². The molecule has 3 aromatic rings. The highest BCUT2D eigenvalue weighted by molar-refractivity contribution is 5.84. The summed E-state index contributed by atoms with van der Waals surface area (Å²) in [6.45, 7) is 7.21. The minimum absolute atomic E-state index is 0.0758. The zero-order chi connectivity index (χ0) is 18.8. The van der Waals surface area contributed by atoms with E-state index in [1.165, 1.54) is 5.56 Å². The molecule has 7 nitrogen and oxygen atoms in total. The number of aromatic nitrogens is 3.